The highest BCUT2D eigenvalue weighted by atomic mass is 16.5. The van der Waals surface area contributed by atoms with Crippen molar-refractivity contribution in [1.82, 2.24) is 10.6 Å². The standard InChI is InChI=1S/C10H19N3O5/c1-10(2,5-8(15)16)13-9(17)12-3-4-18-6-7(11)14/h3-6H2,1-2H3,(H2,11,14)(H,15,16)(H2,12,13,17). The van der Waals surface area contributed by atoms with Crippen LogP contribution in [0.4, 0.5) is 4.79 Å². The molecular formula is C10H19N3O5. The fraction of sp³-hybridized carbons (Fsp3) is 0.700. The lowest BCUT2D eigenvalue weighted by molar-refractivity contribution is -0.138. The Bertz CT molecular complexity index is 317. The molecule has 0 aromatic heterocycles. The molecule has 0 aliphatic carbocycles. The van der Waals surface area contributed by atoms with E-state index in [4.69, 9.17) is 15.6 Å². The van der Waals surface area contributed by atoms with Gasteiger partial charge in [0.2, 0.25) is 5.91 Å². The third-order valence-corrected chi connectivity index (χ3v) is 1.82. The molecule has 0 aromatic carbocycles. The molecule has 0 aromatic rings. The predicted molar refractivity (Wildman–Crippen MR) is 62.9 cm³/mol. The highest BCUT2D eigenvalue weighted by Crippen LogP contribution is 2.07. The number of carbonyl (C=O) groups excluding carboxylic acids is 2. The number of carbonyl (C=O) groups is 3. The summed E-state index contributed by atoms with van der Waals surface area (Å²) in [6.45, 7) is 3.35. The summed E-state index contributed by atoms with van der Waals surface area (Å²) in [5, 5.41) is 13.6. The number of carboxylic acid groups (broad SMARTS) is 1. The lowest BCUT2D eigenvalue weighted by Crippen LogP contribution is -2.50. The Labute approximate surface area is 105 Å². The van der Waals surface area contributed by atoms with Crippen LogP contribution in [-0.2, 0) is 14.3 Å². The van der Waals surface area contributed by atoms with Crippen LogP contribution in [0.5, 0.6) is 0 Å². The van der Waals surface area contributed by atoms with Gasteiger partial charge in [0.1, 0.15) is 6.61 Å². The van der Waals surface area contributed by atoms with Crippen molar-refractivity contribution in [2.75, 3.05) is 19.8 Å². The first-order valence-corrected chi connectivity index (χ1v) is 5.37. The number of rotatable bonds is 8. The Balaban J connectivity index is 3.77. The number of nitrogens with one attached hydrogen (secondary N) is 2. The van der Waals surface area contributed by atoms with E-state index in [0.717, 1.165) is 0 Å². The third-order valence-electron chi connectivity index (χ3n) is 1.82. The quantitative estimate of drug-likeness (QED) is 0.418. The van der Waals surface area contributed by atoms with Gasteiger partial charge in [0, 0.05) is 12.1 Å². The smallest absolute Gasteiger partial charge is 0.315 e. The van der Waals surface area contributed by atoms with Crippen LogP contribution in [0.1, 0.15) is 20.3 Å². The van der Waals surface area contributed by atoms with Crippen molar-refractivity contribution in [3.8, 4) is 0 Å². The molecule has 8 nitrogen and oxygen atoms in total. The Hall–Kier alpha value is -1.83. The molecule has 3 amide bonds. The summed E-state index contributed by atoms with van der Waals surface area (Å²) < 4.78 is 4.83. The van der Waals surface area contributed by atoms with Gasteiger partial charge in [-0.25, -0.2) is 4.79 Å². The largest absolute Gasteiger partial charge is 0.481 e. The van der Waals surface area contributed by atoms with Crippen LogP contribution >= 0.6 is 0 Å². The lowest BCUT2D eigenvalue weighted by Gasteiger charge is -2.24. The zero-order valence-corrected chi connectivity index (χ0v) is 10.5. The number of hydrogen-bond donors (Lipinski definition) is 4. The van der Waals surface area contributed by atoms with E-state index in [1.807, 2.05) is 0 Å². The molecule has 8 heteroatoms. The van der Waals surface area contributed by atoms with E-state index in [1.54, 1.807) is 13.8 Å². The molecule has 0 atom stereocenters. The number of urea groups is 1. The van der Waals surface area contributed by atoms with E-state index >= 15 is 0 Å². The van der Waals surface area contributed by atoms with Gasteiger partial charge >= 0.3 is 12.0 Å². The molecule has 0 saturated carbocycles. The molecule has 104 valence electrons. The van der Waals surface area contributed by atoms with Crippen molar-refractivity contribution in [3.63, 3.8) is 0 Å². The van der Waals surface area contributed by atoms with Gasteiger partial charge < -0.3 is 26.2 Å². The summed E-state index contributed by atoms with van der Waals surface area (Å²) >= 11 is 0. The van der Waals surface area contributed by atoms with Crippen molar-refractivity contribution in [1.29, 1.82) is 0 Å². The minimum absolute atomic E-state index is 0.149. The Morgan fingerprint density at radius 3 is 2.44 bits per heavy atom. The van der Waals surface area contributed by atoms with E-state index in [0.29, 0.717) is 0 Å². The highest BCUT2D eigenvalue weighted by molar-refractivity contribution is 5.76. The average molecular weight is 261 g/mol. The SMILES string of the molecule is CC(C)(CC(=O)O)NC(=O)NCCOCC(N)=O. The van der Waals surface area contributed by atoms with Gasteiger partial charge in [-0.3, -0.25) is 9.59 Å². The lowest BCUT2D eigenvalue weighted by atomic mass is 10.0. The summed E-state index contributed by atoms with van der Waals surface area (Å²) in [5.74, 6) is -1.58. The molecule has 0 radical (unpaired) electrons. The van der Waals surface area contributed by atoms with Crippen LogP contribution in [0.25, 0.3) is 0 Å². The molecule has 0 aliphatic rings. The Morgan fingerprint density at radius 1 is 1.33 bits per heavy atom. The molecule has 0 unspecified atom stereocenters. The van der Waals surface area contributed by atoms with Gasteiger partial charge in [-0.15, -0.1) is 0 Å². The minimum atomic E-state index is -0.995. The maximum absolute atomic E-state index is 11.4. The number of nitrogens with two attached hydrogens (primary N) is 1. The van der Waals surface area contributed by atoms with Crippen molar-refractivity contribution in [3.05, 3.63) is 0 Å². The van der Waals surface area contributed by atoms with Gasteiger partial charge in [-0.1, -0.05) is 0 Å². The minimum Gasteiger partial charge on any atom is -0.481 e. The molecule has 0 bridgehead atoms. The van der Waals surface area contributed by atoms with Crippen molar-refractivity contribution in [2.45, 2.75) is 25.8 Å². The van der Waals surface area contributed by atoms with Crippen molar-refractivity contribution in [2.24, 2.45) is 5.73 Å². The van der Waals surface area contributed by atoms with Gasteiger partial charge in [0.25, 0.3) is 0 Å². The first kappa shape index (κ1) is 16.2. The van der Waals surface area contributed by atoms with E-state index in [-0.39, 0.29) is 26.2 Å². The first-order chi connectivity index (χ1) is 8.23. The van der Waals surface area contributed by atoms with E-state index in [1.165, 1.54) is 0 Å². The second-order valence-corrected chi connectivity index (χ2v) is 4.35. The highest BCUT2D eigenvalue weighted by Gasteiger charge is 2.23. The summed E-state index contributed by atoms with van der Waals surface area (Å²) in [6, 6.07) is -0.496. The zero-order valence-electron chi connectivity index (χ0n) is 10.5. The monoisotopic (exact) mass is 261 g/mol. The second-order valence-electron chi connectivity index (χ2n) is 4.35. The molecule has 0 aliphatic heterocycles. The summed E-state index contributed by atoms with van der Waals surface area (Å²) in [7, 11) is 0. The average Bonchev–Trinajstić information content (AvgIpc) is 2.13. The van der Waals surface area contributed by atoms with Crippen molar-refractivity contribution < 1.29 is 24.2 Å². The van der Waals surface area contributed by atoms with Crippen LogP contribution in [-0.4, -0.2) is 48.3 Å². The summed E-state index contributed by atoms with van der Waals surface area (Å²) in [4.78, 5) is 32.2. The number of hydrogen-bond acceptors (Lipinski definition) is 4. The molecule has 0 heterocycles. The molecular weight excluding hydrogens is 242 g/mol. The van der Waals surface area contributed by atoms with Crippen molar-refractivity contribution >= 4 is 17.9 Å². The number of primary amides is 1. The molecule has 18 heavy (non-hydrogen) atoms. The normalized spacial score (nSPS) is 10.8. The molecule has 0 spiro atoms. The van der Waals surface area contributed by atoms with Crippen LogP contribution in [0, 0.1) is 0 Å². The predicted octanol–water partition coefficient (Wildman–Crippen LogP) is -0.959. The third kappa shape index (κ3) is 9.40. The molecule has 0 fully saturated rings. The first-order valence-electron chi connectivity index (χ1n) is 5.37. The van der Waals surface area contributed by atoms with E-state index < -0.39 is 23.4 Å². The van der Waals surface area contributed by atoms with Gasteiger partial charge in [0.05, 0.1) is 13.0 Å². The number of amides is 3. The van der Waals surface area contributed by atoms with E-state index in [9.17, 15) is 14.4 Å². The summed E-state index contributed by atoms with van der Waals surface area (Å²) in [5.41, 5.74) is 4.00. The molecule has 5 N–H and O–H groups in total. The fourth-order valence-electron chi connectivity index (χ4n) is 1.18. The molecule has 0 saturated heterocycles. The topological polar surface area (TPSA) is 131 Å². The van der Waals surface area contributed by atoms with Gasteiger partial charge in [0.15, 0.2) is 0 Å². The number of ether oxygens (including phenoxy) is 1. The summed E-state index contributed by atoms with van der Waals surface area (Å²) in [6.07, 6.45) is -0.182. The Morgan fingerprint density at radius 2 is 1.94 bits per heavy atom. The van der Waals surface area contributed by atoms with Crippen LogP contribution in [0.3, 0.4) is 0 Å². The second kappa shape index (κ2) is 7.49. The number of carboxylic acids is 1. The van der Waals surface area contributed by atoms with E-state index in [2.05, 4.69) is 10.6 Å². The van der Waals surface area contributed by atoms with Crippen LogP contribution in [0.2, 0.25) is 0 Å². The van der Waals surface area contributed by atoms with Crippen LogP contribution < -0.4 is 16.4 Å². The van der Waals surface area contributed by atoms with Gasteiger partial charge in [-0.2, -0.15) is 0 Å². The zero-order chi connectivity index (χ0) is 14.2. The van der Waals surface area contributed by atoms with Crippen LogP contribution in [0.15, 0.2) is 0 Å². The Kier molecular flexibility index (Phi) is 6.73. The molecule has 0 rings (SSSR count). The number of aliphatic carboxylic acids is 1. The maximum atomic E-state index is 11.4. The fourth-order valence-corrected chi connectivity index (χ4v) is 1.18. The maximum Gasteiger partial charge on any atom is 0.315 e. The van der Waals surface area contributed by atoms with Gasteiger partial charge in [-0.05, 0) is 13.8 Å².